The zero-order valence-electron chi connectivity index (χ0n) is 11.1. The van der Waals surface area contributed by atoms with E-state index in [4.69, 9.17) is 10.00 Å². The van der Waals surface area contributed by atoms with Crippen LogP contribution in [0.25, 0.3) is 0 Å². The lowest BCUT2D eigenvalue weighted by molar-refractivity contribution is 0.274. The Morgan fingerprint density at radius 1 is 1.42 bits per heavy atom. The van der Waals surface area contributed by atoms with E-state index < -0.39 is 0 Å². The van der Waals surface area contributed by atoms with E-state index in [2.05, 4.69) is 11.2 Å². The van der Waals surface area contributed by atoms with Gasteiger partial charge in [-0.3, -0.25) is 0 Å². The first-order valence-corrected chi connectivity index (χ1v) is 5.88. The van der Waals surface area contributed by atoms with E-state index in [-0.39, 0.29) is 6.61 Å². The van der Waals surface area contributed by atoms with Crippen molar-refractivity contribution in [3.63, 3.8) is 0 Å². The van der Waals surface area contributed by atoms with Crippen LogP contribution in [0.1, 0.15) is 22.4 Å². The molecule has 0 spiro atoms. The standard InChI is InChI=1S/C14H15N3O2/c1-9-4-5-11(7-15)6-13(9)19-14-12(8-18)10(2)16-17(14)3/h4-6,18H,8H2,1-3H3. The molecule has 0 unspecified atom stereocenters. The highest BCUT2D eigenvalue weighted by molar-refractivity contribution is 5.44. The number of rotatable bonds is 3. The summed E-state index contributed by atoms with van der Waals surface area (Å²) in [4.78, 5) is 0. The highest BCUT2D eigenvalue weighted by Gasteiger charge is 2.15. The van der Waals surface area contributed by atoms with E-state index >= 15 is 0 Å². The number of nitrogens with zero attached hydrogens (tertiary/aromatic N) is 3. The van der Waals surface area contributed by atoms with Crippen molar-refractivity contribution < 1.29 is 9.84 Å². The molecule has 0 saturated carbocycles. The van der Waals surface area contributed by atoms with Gasteiger partial charge < -0.3 is 9.84 Å². The van der Waals surface area contributed by atoms with Crippen LogP contribution in [0.2, 0.25) is 0 Å². The molecular weight excluding hydrogens is 242 g/mol. The number of aryl methyl sites for hydroxylation is 3. The van der Waals surface area contributed by atoms with Gasteiger partial charge in [-0.25, -0.2) is 4.68 Å². The molecule has 0 fully saturated rings. The molecule has 0 aliphatic carbocycles. The highest BCUT2D eigenvalue weighted by Crippen LogP contribution is 2.29. The number of aliphatic hydroxyl groups excluding tert-OH is 1. The molecule has 0 aliphatic heterocycles. The Hall–Kier alpha value is -2.32. The summed E-state index contributed by atoms with van der Waals surface area (Å²) in [6.45, 7) is 3.58. The summed E-state index contributed by atoms with van der Waals surface area (Å²) in [6, 6.07) is 7.33. The fraction of sp³-hybridized carbons (Fsp3) is 0.286. The minimum absolute atomic E-state index is 0.133. The van der Waals surface area contributed by atoms with Crippen LogP contribution in [0.5, 0.6) is 11.6 Å². The molecule has 1 aromatic heterocycles. The number of aliphatic hydroxyl groups is 1. The molecule has 0 bridgehead atoms. The zero-order valence-corrected chi connectivity index (χ0v) is 11.1. The number of ether oxygens (including phenoxy) is 1. The van der Waals surface area contributed by atoms with Gasteiger partial charge in [-0.15, -0.1) is 0 Å². The van der Waals surface area contributed by atoms with Gasteiger partial charge in [-0.2, -0.15) is 10.4 Å². The molecule has 1 heterocycles. The first-order valence-electron chi connectivity index (χ1n) is 5.88. The van der Waals surface area contributed by atoms with Gasteiger partial charge in [0.2, 0.25) is 5.88 Å². The van der Waals surface area contributed by atoms with E-state index in [0.717, 1.165) is 11.3 Å². The van der Waals surface area contributed by atoms with Crippen LogP contribution in [0.3, 0.4) is 0 Å². The van der Waals surface area contributed by atoms with Crippen LogP contribution in [0, 0.1) is 25.2 Å². The van der Waals surface area contributed by atoms with Crippen molar-refractivity contribution in [1.82, 2.24) is 9.78 Å². The largest absolute Gasteiger partial charge is 0.439 e. The molecule has 1 N–H and O–H groups in total. The molecule has 0 aliphatic rings. The summed E-state index contributed by atoms with van der Waals surface area (Å²) in [5.41, 5.74) is 2.84. The van der Waals surface area contributed by atoms with Crippen molar-refractivity contribution >= 4 is 0 Å². The van der Waals surface area contributed by atoms with Crippen molar-refractivity contribution in [2.45, 2.75) is 20.5 Å². The summed E-state index contributed by atoms with van der Waals surface area (Å²) in [5, 5.41) is 22.5. The molecule has 2 aromatic rings. The normalized spacial score (nSPS) is 10.3. The lowest BCUT2D eigenvalue weighted by atomic mass is 10.1. The molecule has 0 radical (unpaired) electrons. The molecule has 19 heavy (non-hydrogen) atoms. The number of nitriles is 1. The predicted molar refractivity (Wildman–Crippen MR) is 69.8 cm³/mol. The summed E-state index contributed by atoms with van der Waals surface area (Å²) in [5.74, 6) is 1.09. The van der Waals surface area contributed by atoms with Gasteiger partial charge in [-0.1, -0.05) is 6.07 Å². The summed E-state index contributed by atoms with van der Waals surface area (Å²) in [7, 11) is 1.75. The maximum atomic E-state index is 9.37. The fourth-order valence-electron chi connectivity index (χ4n) is 1.87. The van der Waals surface area contributed by atoms with Gasteiger partial charge in [0.15, 0.2) is 0 Å². The second-order valence-electron chi connectivity index (χ2n) is 4.34. The molecule has 2 rings (SSSR count). The van der Waals surface area contributed by atoms with Gasteiger partial charge in [0.25, 0.3) is 0 Å². The minimum atomic E-state index is -0.133. The molecule has 98 valence electrons. The lowest BCUT2D eigenvalue weighted by Crippen LogP contribution is -1.98. The molecule has 0 amide bonds. The number of aromatic nitrogens is 2. The number of hydrogen-bond acceptors (Lipinski definition) is 4. The first kappa shape index (κ1) is 13.1. The van der Waals surface area contributed by atoms with Crippen LogP contribution in [-0.2, 0) is 13.7 Å². The van der Waals surface area contributed by atoms with Crippen LogP contribution in [0.4, 0.5) is 0 Å². The molecule has 5 heteroatoms. The summed E-state index contributed by atoms with van der Waals surface area (Å²) >= 11 is 0. The van der Waals surface area contributed by atoms with E-state index in [1.165, 1.54) is 0 Å². The molecule has 0 atom stereocenters. The second kappa shape index (κ2) is 5.12. The average Bonchev–Trinajstić information content (AvgIpc) is 2.66. The van der Waals surface area contributed by atoms with Crippen molar-refractivity contribution in [3.05, 3.63) is 40.6 Å². The third-order valence-electron chi connectivity index (χ3n) is 2.97. The van der Waals surface area contributed by atoms with E-state index in [1.54, 1.807) is 23.9 Å². The van der Waals surface area contributed by atoms with Gasteiger partial charge in [0.1, 0.15) is 5.75 Å². The molecular formula is C14H15N3O2. The van der Waals surface area contributed by atoms with Crippen LogP contribution in [0.15, 0.2) is 18.2 Å². The Balaban J connectivity index is 2.44. The monoisotopic (exact) mass is 257 g/mol. The van der Waals surface area contributed by atoms with Crippen molar-refractivity contribution in [2.24, 2.45) is 7.05 Å². The predicted octanol–water partition coefficient (Wildman–Crippen LogP) is 2.19. The van der Waals surface area contributed by atoms with Gasteiger partial charge in [-0.05, 0) is 31.5 Å². The Kier molecular flexibility index (Phi) is 3.54. The van der Waals surface area contributed by atoms with Crippen molar-refractivity contribution in [2.75, 3.05) is 0 Å². The van der Waals surface area contributed by atoms with E-state index in [9.17, 15) is 5.11 Å². The third kappa shape index (κ3) is 2.44. The zero-order chi connectivity index (χ0) is 14.0. The lowest BCUT2D eigenvalue weighted by Gasteiger charge is -2.10. The van der Waals surface area contributed by atoms with Crippen LogP contribution >= 0.6 is 0 Å². The summed E-state index contributed by atoms with van der Waals surface area (Å²) < 4.78 is 7.40. The second-order valence-corrected chi connectivity index (χ2v) is 4.34. The Morgan fingerprint density at radius 3 is 2.79 bits per heavy atom. The van der Waals surface area contributed by atoms with Gasteiger partial charge in [0, 0.05) is 7.05 Å². The molecule has 5 nitrogen and oxygen atoms in total. The quantitative estimate of drug-likeness (QED) is 0.915. The van der Waals surface area contributed by atoms with Gasteiger partial charge >= 0.3 is 0 Å². The van der Waals surface area contributed by atoms with E-state index in [1.807, 2.05) is 19.9 Å². The van der Waals surface area contributed by atoms with Crippen molar-refractivity contribution in [1.29, 1.82) is 5.26 Å². The maximum Gasteiger partial charge on any atom is 0.223 e. The SMILES string of the molecule is Cc1ccc(C#N)cc1Oc1c(CO)c(C)nn1C. The first-order chi connectivity index (χ1) is 9.06. The Morgan fingerprint density at radius 2 is 2.16 bits per heavy atom. The third-order valence-corrected chi connectivity index (χ3v) is 2.97. The fourth-order valence-corrected chi connectivity index (χ4v) is 1.87. The Bertz CT molecular complexity index is 653. The smallest absolute Gasteiger partial charge is 0.223 e. The molecule has 1 aromatic carbocycles. The topological polar surface area (TPSA) is 71.1 Å². The number of benzene rings is 1. The van der Waals surface area contributed by atoms with Gasteiger partial charge in [0.05, 0.1) is 29.5 Å². The highest BCUT2D eigenvalue weighted by atomic mass is 16.5. The van der Waals surface area contributed by atoms with Crippen LogP contribution in [-0.4, -0.2) is 14.9 Å². The molecule has 0 saturated heterocycles. The summed E-state index contributed by atoms with van der Waals surface area (Å²) in [6.07, 6.45) is 0. The minimum Gasteiger partial charge on any atom is -0.439 e. The maximum absolute atomic E-state index is 9.37. The Labute approximate surface area is 111 Å². The van der Waals surface area contributed by atoms with Crippen LogP contribution < -0.4 is 4.74 Å². The average molecular weight is 257 g/mol. The number of hydrogen-bond donors (Lipinski definition) is 1. The van der Waals surface area contributed by atoms with Crippen molar-refractivity contribution in [3.8, 4) is 17.7 Å². The van der Waals surface area contributed by atoms with E-state index in [0.29, 0.717) is 22.8 Å².